The van der Waals surface area contributed by atoms with Gasteiger partial charge in [-0.15, -0.1) is 0 Å². The van der Waals surface area contributed by atoms with Crippen molar-refractivity contribution in [3.05, 3.63) is 47.0 Å². The van der Waals surface area contributed by atoms with Gasteiger partial charge in [-0.25, -0.2) is 0 Å². The molecule has 0 aliphatic rings. The fraction of sp³-hybridized carbons (Fsp3) is 0. The topological polar surface area (TPSA) is 80.9 Å². The Morgan fingerprint density at radius 3 is 2.65 bits per heavy atom. The van der Waals surface area contributed by atoms with Crippen LogP contribution in [0, 0.1) is 0 Å². The Morgan fingerprint density at radius 2 is 1.94 bits per heavy atom. The fourth-order valence-electron chi connectivity index (χ4n) is 1.26. The summed E-state index contributed by atoms with van der Waals surface area (Å²) in [4.78, 5) is 19.7. The summed E-state index contributed by atoms with van der Waals surface area (Å²) < 4.78 is 0.704. The van der Waals surface area contributed by atoms with Crippen LogP contribution in [-0.2, 0) is 0 Å². The van der Waals surface area contributed by atoms with Crippen LogP contribution in [0.25, 0.3) is 0 Å². The number of hydrogen-bond donors (Lipinski definition) is 2. The lowest BCUT2D eigenvalue weighted by Gasteiger charge is -2.07. The SMILES string of the molecule is Nc1ccncc1C(=O)Nc1ccncc1Br. The van der Waals surface area contributed by atoms with E-state index in [0.717, 1.165) is 0 Å². The molecule has 0 aliphatic heterocycles. The van der Waals surface area contributed by atoms with Gasteiger partial charge in [0.1, 0.15) is 0 Å². The predicted molar refractivity (Wildman–Crippen MR) is 68.5 cm³/mol. The minimum atomic E-state index is -0.303. The van der Waals surface area contributed by atoms with Crippen LogP contribution in [0.3, 0.4) is 0 Å². The maximum absolute atomic E-state index is 11.9. The number of nitrogen functional groups attached to an aromatic ring is 1. The number of rotatable bonds is 2. The van der Waals surface area contributed by atoms with Gasteiger partial charge in [-0.1, -0.05) is 0 Å². The molecule has 5 nitrogen and oxygen atoms in total. The average Bonchev–Trinajstić information content (AvgIpc) is 2.32. The van der Waals surface area contributed by atoms with Crippen molar-refractivity contribution >= 4 is 33.2 Å². The first-order valence-corrected chi connectivity index (χ1v) is 5.58. The van der Waals surface area contributed by atoms with Crippen LogP contribution in [0.15, 0.2) is 41.4 Å². The standard InChI is InChI=1S/C11H9BrN4O/c12-8-6-15-4-2-10(8)16-11(17)7-5-14-3-1-9(7)13/h1-6H,(H2,13,14)(H,15,16,17). The molecule has 2 rings (SSSR count). The molecule has 6 heteroatoms. The van der Waals surface area contributed by atoms with Crippen molar-refractivity contribution in [2.24, 2.45) is 0 Å². The van der Waals surface area contributed by atoms with Crippen LogP contribution in [-0.4, -0.2) is 15.9 Å². The number of carbonyl (C=O) groups is 1. The Balaban J connectivity index is 2.24. The molecule has 0 bridgehead atoms. The number of nitrogens with two attached hydrogens (primary N) is 1. The highest BCUT2D eigenvalue weighted by Gasteiger charge is 2.11. The monoisotopic (exact) mass is 292 g/mol. The van der Waals surface area contributed by atoms with Crippen molar-refractivity contribution in [1.82, 2.24) is 9.97 Å². The molecule has 0 aromatic carbocycles. The first-order valence-electron chi connectivity index (χ1n) is 4.79. The molecule has 0 fully saturated rings. The number of anilines is 2. The highest BCUT2D eigenvalue weighted by atomic mass is 79.9. The summed E-state index contributed by atoms with van der Waals surface area (Å²) in [6.07, 6.45) is 6.16. The van der Waals surface area contributed by atoms with E-state index in [9.17, 15) is 4.79 Å². The Kier molecular flexibility index (Phi) is 3.34. The zero-order valence-corrected chi connectivity index (χ0v) is 10.3. The zero-order chi connectivity index (χ0) is 12.3. The maximum Gasteiger partial charge on any atom is 0.259 e. The van der Waals surface area contributed by atoms with Crippen LogP contribution < -0.4 is 11.1 Å². The second kappa shape index (κ2) is 4.92. The van der Waals surface area contributed by atoms with E-state index in [1.165, 1.54) is 12.4 Å². The Bertz CT molecular complexity index is 559. The molecule has 0 saturated heterocycles. The molecule has 3 N–H and O–H groups in total. The molecule has 0 radical (unpaired) electrons. The second-order valence-electron chi connectivity index (χ2n) is 3.27. The molecule has 2 aromatic rings. The fourth-order valence-corrected chi connectivity index (χ4v) is 1.61. The van der Waals surface area contributed by atoms with Crippen LogP contribution in [0.4, 0.5) is 11.4 Å². The number of hydrogen-bond acceptors (Lipinski definition) is 4. The normalized spacial score (nSPS) is 9.94. The van der Waals surface area contributed by atoms with Gasteiger partial charge in [-0.05, 0) is 28.1 Å². The lowest BCUT2D eigenvalue weighted by atomic mass is 10.2. The zero-order valence-electron chi connectivity index (χ0n) is 8.72. The molecule has 1 amide bonds. The average molecular weight is 293 g/mol. The van der Waals surface area contributed by atoms with Crippen molar-refractivity contribution in [2.75, 3.05) is 11.1 Å². The summed E-state index contributed by atoms with van der Waals surface area (Å²) >= 11 is 3.29. The highest BCUT2D eigenvalue weighted by Crippen LogP contribution is 2.21. The molecule has 0 atom stereocenters. The van der Waals surface area contributed by atoms with Gasteiger partial charge in [-0.3, -0.25) is 14.8 Å². The lowest BCUT2D eigenvalue weighted by molar-refractivity contribution is 0.102. The Morgan fingerprint density at radius 1 is 1.24 bits per heavy atom. The van der Waals surface area contributed by atoms with Gasteiger partial charge in [0.2, 0.25) is 0 Å². The van der Waals surface area contributed by atoms with E-state index in [1.54, 1.807) is 24.5 Å². The van der Waals surface area contributed by atoms with Crippen molar-refractivity contribution in [3.63, 3.8) is 0 Å². The number of nitrogens with one attached hydrogen (secondary N) is 1. The molecule has 17 heavy (non-hydrogen) atoms. The van der Waals surface area contributed by atoms with Gasteiger partial charge in [-0.2, -0.15) is 0 Å². The van der Waals surface area contributed by atoms with Gasteiger partial charge >= 0.3 is 0 Å². The van der Waals surface area contributed by atoms with Gasteiger partial charge in [0.05, 0.1) is 15.7 Å². The number of halogens is 1. The summed E-state index contributed by atoms with van der Waals surface area (Å²) in [7, 11) is 0. The summed E-state index contributed by atoms with van der Waals surface area (Å²) in [6, 6.07) is 3.27. The maximum atomic E-state index is 11.9. The number of aromatic nitrogens is 2. The third kappa shape index (κ3) is 2.59. The van der Waals surface area contributed by atoms with Crippen LogP contribution in [0.5, 0.6) is 0 Å². The molecule has 0 saturated carbocycles. The van der Waals surface area contributed by atoms with Gasteiger partial charge in [0.15, 0.2) is 0 Å². The molecular formula is C11H9BrN4O. The minimum absolute atomic E-state index is 0.303. The van der Waals surface area contributed by atoms with E-state index in [0.29, 0.717) is 21.4 Å². The summed E-state index contributed by atoms with van der Waals surface area (Å²) in [5.41, 5.74) is 7.06. The van der Waals surface area contributed by atoms with E-state index < -0.39 is 0 Å². The first kappa shape index (κ1) is 11.5. The Labute approximate surface area is 106 Å². The van der Waals surface area contributed by atoms with Crippen molar-refractivity contribution in [2.45, 2.75) is 0 Å². The smallest absolute Gasteiger partial charge is 0.259 e. The summed E-state index contributed by atoms with van der Waals surface area (Å²) in [5, 5.41) is 2.72. The van der Waals surface area contributed by atoms with E-state index in [1.807, 2.05) is 0 Å². The summed E-state index contributed by atoms with van der Waals surface area (Å²) in [6.45, 7) is 0. The van der Waals surface area contributed by atoms with E-state index >= 15 is 0 Å². The number of pyridine rings is 2. The quantitative estimate of drug-likeness (QED) is 0.888. The predicted octanol–water partition coefficient (Wildman–Crippen LogP) is 2.07. The molecule has 2 aromatic heterocycles. The second-order valence-corrected chi connectivity index (χ2v) is 4.13. The molecule has 2 heterocycles. The lowest BCUT2D eigenvalue weighted by Crippen LogP contribution is -2.14. The molecule has 0 unspecified atom stereocenters. The Hall–Kier alpha value is -1.95. The van der Waals surface area contributed by atoms with Crippen LogP contribution in [0.1, 0.15) is 10.4 Å². The van der Waals surface area contributed by atoms with Crippen LogP contribution in [0.2, 0.25) is 0 Å². The molecule has 86 valence electrons. The molecule has 0 aliphatic carbocycles. The first-order chi connectivity index (χ1) is 8.18. The van der Waals surface area contributed by atoms with Gasteiger partial charge in [0, 0.05) is 30.5 Å². The number of carbonyl (C=O) groups excluding carboxylic acids is 1. The van der Waals surface area contributed by atoms with Crippen molar-refractivity contribution < 1.29 is 4.79 Å². The minimum Gasteiger partial charge on any atom is -0.398 e. The van der Waals surface area contributed by atoms with Gasteiger partial charge < -0.3 is 11.1 Å². The highest BCUT2D eigenvalue weighted by molar-refractivity contribution is 9.10. The molecule has 0 spiro atoms. The van der Waals surface area contributed by atoms with E-state index in [4.69, 9.17) is 5.73 Å². The largest absolute Gasteiger partial charge is 0.398 e. The third-order valence-corrected chi connectivity index (χ3v) is 2.75. The van der Waals surface area contributed by atoms with Crippen LogP contribution >= 0.6 is 15.9 Å². The van der Waals surface area contributed by atoms with E-state index in [-0.39, 0.29) is 5.91 Å². The van der Waals surface area contributed by atoms with E-state index in [2.05, 4.69) is 31.2 Å². The molecular weight excluding hydrogens is 284 g/mol. The van der Waals surface area contributed by atoms with Crippen molar-refractivity contribution in [1.29, 1.82) is 0 Å². The van der Waals surface area contributed by atoms with Gasteiger partial charge in [0.25, 0.3) is 5.91 Å². The van der Waals surface area contributed by atoms with Crippen molar-refractivity contribution in [3.8, 4) is 0 Å². The summed E-state index contributed by atoms with van der Waals surface area (Å²) in [5.74, 6) is -0.303. The third-order valence-electron chi connectivity index (χ3n) is 2.12. The number of amides is 1. The number of nitrogens with zero attached hydrogens (tertiary/aromatic N) is 2.